The molecule has 4 heteroatoms. The van der Waals surface area contributed by atoms with Crippen LogP contribution < -0.4 is 0 Å². The molecule has 2 aliphatic carbocycles. The van der Waals surface area contributed by atoms with Crippen LogP contribution in [0.1, 0.15) is 53.9 Å². The molecule has 2 rings (SSSR count). The monoisotopic (exact) mass is 294 g/mol. The highest BCUT2D eigenvalue weighted by atomic mass is 16.5. The lowest BCUT2D eigenvalue weighted by molar-refractivity contribution is -0.173. The van der Waals surface area contributed by atoms with Gasteiger partial charge in [0, 0.05) is 24.7 Å². The third-order valence-corrected chi connectivity index (χ3v) is 5.34. The Labute approximate surface area is 126 Å². The van der Waals surface area contributed by atoms with Crippen molar-refractivity contribution in [2.45, 2.75) is 65.6 Å². The Morgan fingerprint density at radius 1 is 1.48 bits per heavy atom. The number of ketones is 1. The Kier molecular flexibility index (Phi) is 4.04. The number of ether oxygens (including phenoxy) is 1. The number of hydrogen-bond acceptors (Lipinski definition) is 4. The molecule has 118 valence electrons. The van der Waals surface area contributed by atoms with E-state index in [2.05, 4.69) is 6.92 Å². The lowest BCUT2D eigenvalue weighted by Crippen LogP contribution is -2.58. The molecule has 0 amide bonds. The van der Waals surface area contributed by atoms with Crippen molar-refractivity contribution in [1.82, 2.24) is 0 Å². The lowest BCUT2D eigenvalue weighted by atomic mass is 9.51. The van der Waals surface area contributed by atoms with Crippen LogP contribution in [0.2, 0.25) is 0 Å². The van der Waals surface area contributed by atoms with E-state index in [1.165, 1.54) is 6.92 Å². The molecule has 0 radical (unpaired) electrons. The van der Waals surface area contributed by atoms with Gasteiger partial charge in [-0.05, 0) is 38.2 Å². The Bertz CT molecular complexity index is 486. The number of allylic oxidation sites excluding steroid dienone is 2. The van der Waals surface area contributed by atoms with Gasteiger partial charge in [0.1, 0.15) is 6.10 Å². The predicted octanol–water partition coefficient (Wildman–Crippen LogP) is 2.64. The topological polar surface area (TPSA) is 63.6 Å². The van der Waals surface area contributed by atoms with Gasteiger partial charge < -0.3 is 9.84 Å². The molecule has 1 saturated carbocycles. The second-order valence-electron chi connectivity index (χ2n) is 7.29. The normalized spacial score (nSPS) is 36.8. The van der Waals surface area contributed by atoms with Gasteiger partial charge in [-0.15, -0.1) is 0 Å². The Morgan fingerprint density at radius 3 is 2.62 bits per heavy atom. The molecule has 2 aliphatic rings. The second kappa shape index (κ2) is 5.24. The summed E-state index contributed by atoms with van der Waals surface area (Å²) in [6, 6.07) is 0. The van der Waals surface area contributed by atoms with Gasteiger partial charge in [-0.25, -0.2) is 0 Å². The van der Waals surface area contributed by atoms with Gasteiger partial charge in [-0.1, -0.05) is 19.9 Å². The molecule has 21 heavy (non-hydrogen) atoms. The number of rotatable bonds is 2. The van der Waals surface area contributed by atoms with Gasteiger partial charge in [0.2, 0.25) is 0 Å². The van der Waals surface area contributed by atoms with E-state index in [4.69, 9.17) is 4.74 Å². The molecule has 0 spiro atoms. The summed E-state index contributed by atoms with van der Waals surface area (Å²) in [5.74, 6) is -0.373. The van der Waals surface area contributed by atoms with Crippen LogP contribution in [0.5, 0.6) is 0 Å². The van der Waals surface area contributed by atoms with E-state index >= 15 is 0 Å². The maximum absolute atomic E-state index is 12.5. The molecule has 1 fully saturated rings. The van der Waals surface area contributed by atoms with Gasteiger partial charge in [0.05, 0.1) is 5.60 Å². The first-order valence-electron chi connectivity index (χ1n) is 7.72. The SMILES string of the molecule is CC(=O)O[C@@H]1CC(=O)C2=CCC[C@@H](C)[C@]2(C)[C@@H]1C(C)(C)O. The molecule has 0 bridgehead atoms. The molecule has 0 saturated heterocycles. The van der Waals surface area contributed by atoms with Crippen LogP contribution in [0.3, 0.4) is 0 Å². The molecule has 1 N–H and O–H groups in total. The Morgan fingerprint density at radius 2 is 2.10 bits per heavy atom. The standard InChI is InChI=1S/C17H26O4/c1-10-7-6-8-12-13(19)9-14(21-11(2)18)15(16(3,4)20)17(10,12)5/h8,10,14-15,20H,6-7,9H2,1-5H3/t10-,14-,15+,17+/m1/s1. The largest absolute Gasteiger partial charge is 0.462 e. The van der Waals surface area contributed by atoms with Crippen molar-refractivity contribution < 1.29 is 19.4 Å². The minimum atomic E-state index is -1.03. The average Bonchev–Trinajstić information content (AvgIpc) is 2.28. The van der Waals surface area contributed by atoms with Crippen molar-refractivity contribution in [3.8, 4) is 0 Å². The van der Waals surface area contributed by atoms with Crippen molar-refractivity contribution in [2.24, 2.45) is 17.3 Å². The number of hydrogen-bond donors (Lipinski definition) is 1. The van der Waals surface area contributed by atoms with Crippen LogP contribution in [0.4, 0.5) is 0 Å². The van der Waals surface area contributed by atoms with Gasteiger partial charge in [0.15, 0.2) is 5.78 Å². The number of Topliss-reactive ketones (excluding diaryl/α,β-unsaturated/α-hetero) is 1. The lowest BCUT2D eigenvalue weighted by Gasteiger charge is -2.55. The molecule has 0 aromatic heterocycles. The minimum absolute atomic E-state index is 0.0517. The van der Waals surface area contributed by atoms with E-state index in [1.54, 1.807) is 13.8 Å². The van der Waals surface area contributed by atoms with Gasteiger partial charge in [-0.2, -0.15) is 0 Å². The maximum Gasteiger partial charge on any atom is 0.302 e. The molecule has 4 nitrogen and oxygen atoms in total. The smallest absolute Gasteiger partial charge is 0.302 e. The number of carbonyl (C=O) groups excluding carboxylic acids is 2. The summed E-state index contributed by atoms with van der Waals surface area (Å²) in [6.45, 7) is 9.00. The molecule has 0 unspecified atom stereocenters. The maximum atomic E-state index is 12.5. The average molecular weight is 294 g/mol. The molecule has 0 aliphatic heterocycles. The third kappa shape index (κ3) is 2.66. The molecule has 0 aromatic rings. The van der Waals surface area contributed by atoms with E-state index in [1.807, 2.05) is 13.0 Å². The first-order chi connectivity index (χ1) is 9.58. The molecule has 0 aromatic carbocycles. The number of aliphatic hydroxyl groups is 1. The first kappa shape index (κ1) is 16.2. The first-order valence-corrected chi connectivity index (χ1v) is 7.72. The molecule has 4 atom stereocenters. The summed E-state index contributed by atoms with van der Waals surface area (Å²) in [7, 11) is 0. The highest BCUT2D eigenvalue weighted by molar-refractivity contribution is 5.98. The summed E-state index contributed by atoms with van der Waals surface area (Å²) >= 11 is 0. The van der Waals surface area contributed by atoms with Crippen LogP contribution in [0, 0.1) is 17.3 Å². The number of carbonyl (C=O) groups is 2. The second-order valence-corrected chi connectivity index (χ2v) is 7.29. The fraction of sp³-hybridized carbons (Fsp3) is 0.765. The van der Waals surface area contributed by atoms with Gasteiger partial charge in [-0.3, -0.25) is 9.59 Å². The Balaban J connectivity index is 2.54. The van der Waals surface area contributed by atoms with Crippen LogP contribution in [0.25, 0.3) is 0 Å². The van der Waals surface area contributed by atoms with E-state index in [9.17, 15) is 14.7 Å². The fourth-order valence-electron chi connectivity index (χ4n) is 4.46. The van der Waals surface area contributed by atoms with Gasteiger partial charge >= 0.3 is 5.97 Å². The molecular formula is C17H26O4. The zero-order valence-corrected chi connectivity index (χ0v) is 13.6. The van der Waals surface area contributed by atoms with E-state index in [0.29, 0.717) is 0 Å². The van der Waals surface area contributed by atoms with Crippen LogP contribution in [-0.4, -0.2) is 28.6 Å². The fourth-order valence-corrected chi connectivity index (χ4v) is 4.46. The highest BCUT2D eigenvalue weighted by Gasteiger charge is 2.58. The summed E-state index contributed by atoms with van der Waals surface area (Å²) in [5, 5.41) is 10.7. The quantitative estimate of drug-likeness (QED) is 0.795. The molecule has 0 heterocycles. The molecular weight excluding hydrogens is 268 g/mol. The van der Waals surface area contributed by atoms with Crippen molar-refractivity contribution in [3.05, 3.63) is 11.6 Å². The highest BCUT2D eigenvalue weighted by Crippen LogP contribution is 2.56. The van der Waals surface area contributed by atoms with E-state index < -0.39 is 23.1 Å². The zero-order chi connectivity index (χ0) is 16.0. The summed E-state index contributed by atoms with van der Waals surface area (Å²) < 4.78 is 5.42. The van der Waals surface area contributed by atoms with E-state index in [-0.39, 0.29) is 24.0 Å². The number of fused-ring (bicyclic) bond motifs is 1. The van der Waals surface area contributed by atoms with Gasteiger partial charge in [0.25, 0.3) is 0 Å². The van der Waals surface area contributed by atoms with E-state index in [0.717, 1.165) is 18.4 Å². The van der Waals surface area contributed by atoms with Crippen LogP contribution in [-0.2, 0) is 14.3 Å². The van der Waals surface area contributed by atoms with Crippen molar-refractivity contribution in [1.29, 1.82) is 0 Å². The van der Waals surface area contributed by atoms with Crippen LogP contribution >= 0.6 is 0 Å². The van der Waals surface area contributed by atoms with Crippen LogP contribution in [0.15, 0.2) is 11.6 Å². The summed E-state index contributed by atoms with van der Waals surface area (Å²) in [4.78, 5) is 23.9. The zero-order valence-electron chi connectivity index (χ0n) is 13.6. The summed E-state index contributed by atoms with van der Waals surface area (Å²) in [5.41, 5.74) is -0.663. The van der Waals surface area contributed by atoms with Crippen molar-refractivity contribution in [3.63, 3.8) is 0 Å². The Hall–Kier alpha value is -1.16. The number of esters is 1. The van der Waals surface area contributed by atoms with Crippen molar-refractivity contribution in [2.75, 3.05) is 0 Å². The summed E-state index contributed by atoms with van der Waals surface area (Å²) in [6.07, 6.45) is 3.51. The van der Waals surface area contributed by atoms with Crippen molar-refractivity contribution >= 4 is 11.8 Å². The predicted molar refractivity (Wildman–Crippen MR) is 79.6 cm³/mol. The third-order valence-electron chi connectivity index (χ3n) is 5.34. The minimum Gasteiger partial charge on any atom is -0.462 e.